The lowest BCUT2D eigenvalue weighted by Gasteiger charge is -2.38. The molecule has 5 heteroatoms. The van der Waals surface area contributed by atoms with Gasteiger partial charge < -0.3 is 15.4 Å². The van der Waals surface area contributed by atoms with Crippen LogP contribution in [0.2, 0.25) is 5.02 Å². The fourth-order valence-electron chi connectivity index (χ4n) is 2.67. The summed E-state index contributed by atoms with van der Waals surface area (Å²) in [5.74, 6) is 0.521. The van der Waals surface area contributed by atoms with Crippen LogP contribution in [0.15, 0.2) is 24.3 Å². The predicted octanol–water partition coefficient (Wildman–Crippen LogP) is 2.33. The van der Waals surface area contributed by atoms with E-state index in [-0.39, 0.29) is 11.9 Å². The highest BCUT2D eigenvalue weighted by molar-refractivity contribution is 6.31. The van der Waals surface area contributed by atoms with Gasteiger partial charge in [0.1, 0.15) is 0 Å². The van der Waals surface area contributed by atoms with Gasteiger partial charge in [-0.2, -0.15) is 0 Å². The third-order valence-corrected chi connectivity index (χ3v) is 4.31. The summed E-state index contributed by atoms with van der Waals surface area (Å²) in [6, 6.07) is 8.20. The maximum Gasteiger partial charge on any atom is 0.236 e. The molecule has 0 aliphatic heterocycles. The normalized spacial score (nSPS) is 22.4. The average Bonchev–Trinajstić information content (AvgIpc) is 2.43. The maximum absolute atomic E-state index is 11.8. The predicted molar refractivity (Wildman–Crippen MR) is 84.7 cm³/mol. The summed E-state index contributed by atoms with van der Waals surface area (Å²) in [6.07, 6.45) is 2.05. The van der Waals surface area contributed by atoms with Gasteiger partial charge in [0, 0.05) is 24.7 Å². The van der Waals surface area contributed by atoms with E-state index in [2.05, 4.69) is 16.7 Å². The Morgan fingerprint density at radius 1 is 1.43 bits per heavy atom. The van der Waals surface area contributed by atoms with Crippen LogP contribution in [-0.4, -0.2) is 38.3 Å². The molecule has 1 aliphatic rings. The van der Waals surface area contributed by atoms with Crippen LogP contribution < -0.4 is 10.6 Å². The summed E-state index contributed by atoms with van der Waals surface area (Å²) in [4.78, 5) is 11.8. The van der Waals surface area contributed by atoms with Crippen molar-refractivity contribution in [3.8, 4) is 0 Å². The Morgan fingerprint density at radius 2 is 2.14 bits per heavy atom. The number of halogens is 1. The Hall–Kier alpha value is -1.10. The van der Waals surface area contributed by atoms with Gasteiger partial charge in [0.25, 0.3) is 0 Å². The third-order valence-electron chi connectivity index (χ3n) is 3.97. The molecule has 0 saturated heterocycles. The zero-order valence-corrected chi connectivity index (χ0v) is 13.3. The van der Waals surface area contributed by atoms with Crippen molar-refractivity contribution >= 4 is 17.5 Å². The first-order valence-electron chi connectivity index (χ1n) is 7.39. The van der Waals surface area contributed by atoms with E-state index in [9.17, 15) is 4.79 Å². The number of carbonyl (C=O) groups is 1. The zero-order valence-electron chi connectivity index (χ0n) is 12.6. The molecule has 0 aromatic heterocycles. The molecule has 4 nitrogen and oxygen atoms in total. The number of ether oxygens (including phenoxy) is 1. The van der Waals surface area contributed by atoms with Gasteiger partial charge in [-0.15, -0.1) is 0 Å². The van der Waals surface area contributed by atoms with E-state index in [1.807, 2.05) is 25.1 Å². The number of hydrogen-bond acceptors (Lipinski definition) is 3. The van der Waals surface area contributed by atoms with Gasteiger partial charge in [-0.3, -0.25) is 4.79 Å². The van der Waals surface area contributed by atoms with Gasteiger partial charge in [-0.25, -0.2) is 0 Å². The molecule has 1 amide bonds. The largest absolute Gasteiger partial charge is 0.383 e. The zero-order chi connectivity index (χ0) is 15.2. The van der Waals surface area contributed by atoms with Crippen molar-refractivity contribution in [2.45, 2.75) is 37.8 Å². The van der Waals surface area contributed by atoms with Crippen LogP contribution in [0.1, 0.15) is 31.2 Å². The van der Waals surface area contributed by atoms with Crippen molar-refractivity contribution in [1.29, 1.82) is 0 Å². The molecule has 0 spiro atoms. The van der Waals surface area contributed by atoms with Crippen LogP contribution in [0.25, 0.3) is 0 Å². The summed E-state index contributed by atoms with van der Waals surface area (Å²) in [6.45, 7) is 2.98. The van der Waals surface area contributed by atoms with Crippen molar-refractivity contribution < 1.29 is 9.53 Å². The Bertz CT molecular complexity index is 475. The maximum atomic E-state index is 11.8. The minimum absolute atomic E-state index is 0.0215. The number of methoxy groups -OCH3 is 1. The van der Waals surface area contributed by atoms with Crippen LogP contribution in [0, 0.1) is 0 Å². The van der Waals surface area contributed by atoms with E-state index in [4.69, 9.17) is 16.3 Å². The van der Waals surface area contributed by atoms with Crippen molar-refractivity contribution in [3.05, 3.63) is 34.9 Å². The number of hydrogen-bond donors (Lipinski definition) is 2. The Labute approximate surface area is 131 Å². The van der Waals surface area contributed by atoms with Crippen molar-refractivity contribution in [2.75, 3.05) is 20.3 Å². The molecule has 1 aliphatic carbocycles. The molecular weight excluding hydrogens is 288 g/mol. The molecule has 0 heterocycles. The summed E-state index contributed by atoms with van der Waals surface area (Å²) in [7, 11) is 1.62. The van der Waals surface area contributed by atoms with E-state index in [0.717, 1.165) is 17.9 Å². The second kappa shape index (κ2) is 7.78. The van der Waals surface area contributed by atoms with Crippen LogP contribution in [0.4, 0.5) is 0 Å². The SMILES string of the molecule is COCCNC(=O)C(C)NC1CC(c2ccccc2Cl)C1. The fourth-order valence-corrected chi connectivity index (χ4v) is 2.96. The van der Waals surface area contributed by atoms with E-state index >= 15 is 0 Å². The summed E-state index contributed by atoms with van der Waals surface area (Å²) >= 11 is 6.21. The lowest BCUT2D eigenvalue weighted by Crippen LogP contribution is -2.51. The van der Waals surface area contributed by atoms with Crippen LogP contribution in [0.5, 0.6) is 0 Å². The first-order valence-corrected chi connectivity index (χ1v) is 7.76. The molecule has 1 fully saturated rings. The van der Waals surface area contributed by atoms with Crippen molar-refractivity contribution in [3.63, 3.8) is 0 Å². The van der Waals surface area contributed by atoms with Gasteiger partial charge in [0.2, 0.25) is 5.91 Å². The molecule has 2 rings (SSSR count). The number of benzene rings is 1. The van der Waals surface area contributed by atoms with E-state index in [1.54, 1.807) is 7.11 Å². The molecule has 0 bridgehead atoms. The molecule has 1 aromatic carbocycles. The number of amides is 1. The summed E-state index contributed by atoms with van der Waals surface area (Å²) in [5, 5.41) is 7.05. The summed E-state index contributed by atoms with van der Waals surface area (Å²) in [5.41, 5.74) is 1.22. The first kappa shape index (κ1) is 16.3. The molecule has 1 aromatic rings. The Morgan fingerprint density at radius 3 is 2.81 bits per heavy atom. The van der Waals surface area contributed by atoms with Gasteiger partial charge in [-0.05, 0) is 37.3 Å². The Kier molecular flexibility index (Phi) is 6.03. The fraction of sp³-hybridized carbons (Fsp3) is 0.562. The minimum atomic E-state index is -0.181. The van der Waals surface area contributed by atoms with Crippen molar-refractivity contribution in [1.82, 2.24) is 10.6 Å². The minimum Gasteiger partial charge on any atom is -0.383 e. The van der Waals surface area contributed by atoms with Gasteiger partial charge in [0.05, 0.1) is 12.6 Å². The van der Waals surface area contributed by atoms with Crippen LogP contribution in [0.3, 0.4) is 0 Å². The second-order valence-electron chi connectivity index (χ2n) is 5.56. The monoisotopic (exact) mass is 310 g/mol. The van der Waals surface area contributed by atoms with E-state index in [1.165, 1.54) is 5.56 Å². The molecular formula is C16H23ClN2O2. The quantitative estimate of drug-likeness (QED) is 0.760. The lowest BCUT2D eigenvalue weighted by atomic mass is 9.75. The molecule has 21 heavy (non-hydrogen) atoms. The highest BCUT2D eigenvalue weighted by Crippen LogP contribution is 2.39. The topological polar surface area (TPSA) is 50.4 Å². The van der Waals surface area contributed by atoms with Gasteiger partial charge in [0.15, 0.2) is 0 Å². The molecule has 1 atom stereocenters. The molecule has 2 N–H and O–H groups in total. The molecule has 1 saturated carbocycles. The number of rotatable bonds is 7. The molecule has 116 valence electrons. The molecule has 1 unspecified atom stereocenters. The van der Waals surface area contributed by atoms with Crippen molar-refractivity contribution in [2.24, 2.45) is 0 Å². The van der Waals surface area contributed by atoms with Crippen LogP contribution in [-0.2, 0) is 9.53 Å². The standard InChI is InChI=1S/C16H23ClN2O2/c1-11(16(20)18-7-8-21-2)19-13-9-12(10-13)14-5-3-4-6-15(14)17/h3-6,11-13,19H,7-10H2,1-2H3,(H,18,20). The Balaban J connectivity index is 1.72. The first-order chi connectivity index (χ1) is 10.1. The second-order valence-corrected chi connectivity index (χ2v) is 5.97. The lowest BCUT2D eigenvalue weighted by molar-refractivity contribution is -0.123. The van der Waals surface area contributed by atoms with Crippen LogP contribution >= 0.6 is 11.6 Å². The van der Waals surface area contributed by atoms with Gasteiger partial charge in [-0.1, -0.05) is 29.8 Å². The highest BCUT2D eigenvalue weighted by atomic mass is 35.5. The van der Waals surface area contributed by atoms with E-state index < -0.39 is 0 Å². The van der Waals surface area contributed by atoms with Gasteiger partial charge >= 0.3 is 0 Å². The number of carbonyl (C=O) groups excluding carboxylic acids is 1. The smallest absolute Gasteiger partial charge is 0.236 e. The summed E-state index contributed by atoms with van der Waals surface area (Å²) < 4.78 is 4.91. The third kappa shape index (κ3) is 4.43. The molecule has 0 radical (unpaired) electrons. The highest BCUT2D eigenvalue weighted by Gasteiger charge is 2.32. The van der Waals surface area contributed by atoms with E-state index in [0.29, 0.717) is 25.1 Å². The number of nitrogens with one attached hydrogen (secondary N) is 2. The average molecular weight is 311 g/mol.